The van der Waals surface area contributed by atoms with Gasteiger partial charge in [-0.05, 0) is 79.6 Å². The van der Waals surface area contributed by atoms with Crippen molar-refractivity contribution in [2.45, 2.75) is 13.8 Å². The van der Waals surface area contributed by atoms with Gasteiger partial charge in [-0.3, -0.25) is 9.59 Å². The summed E-state index contributed by atoms with van der Waals surface area (Å²) in [6.45, 7) is 8.09. The molecule has 3 aromatic rings. The van der Waals surface area contributed by atoms with Gasteiger partial charge in [0, 0.05) is 11.3 Å². The average molecular weight is 488 g/mol. The van der Waals surface area contributed by atoms with Crippen LogP contribution in [0.3, 0.4) is 0 Å². The Labute approximate surface area is 210 Å². The van der Waals surface area contributed by atoms with Crippen molar-refractivity contribution in [3.05, 3.63) is 96.1 Å². The second-order valence-electron chi connectivity index (χ2n) is 7.67. The summed E-state index contributed by atoms with van der Waals surface area (Å²) in [5.41, 5.74) is 5.41. The normalized spacial score (nSPS) is 10.5. The maximum Gasteiger partial charge on any atom is 0.271 e. The van der Waals surface area contributed by atoms with E-state index in [0.29, 0.717) is 36.0 Å². The predicted octanol–water partition coefficient (Wildman–Crippen LogP) is 4.74. The highest BCUT2D eigenvalue weighted by molar-refractivity contribution is 5.95. The van der Waals surface area contributed by atoms with Crippen molar-refractivity contribution >= 4 is 23.7 Å². The van der Waals surface area contributed by atoms with Gasteiger partial charge in [0.1, 0.15) is 12.4 Å². The van der Waals surface area contributed by atoms with Gasteiger partial charge in [-0.25, -0.2) is 5.43 Å². The molecule has 0 spiro atoms. The first-order valence-electron chi connectivity index (χ1n) is 11.4. The Morgan fingerprint density at radius 2 is 1.78 bits per heavy atom. The minimum Gasteiger partial charge on any atom is -0.490 e. The highest BCUT2D eigenvalue weighted by Gasteiger charge is 2.11. The van der Waals surface area contributed by atoms with Crippen LogP contribution in [0.25, 0.3) is 0 Å². The minimum atomic E-state index is -0.387. The Morgan fingerprint density at radius 3 is 2.50 bits per heavy atom. The number of benzene rings is 3. The van der Waals surface area contributed by atoms with E-state index in [-0.39, 0.29) is 18.4 Å². The average Bonchev–Trinajstić information content (AvgIpc) is 2.87. The van der Waals surface area contributed by atoms with E-state index >= 15 is 0 Å². The third-order valence-electron chi connectivity index (χ3n) is 4.79. The molecule has 0 radical (unpaired) electrons. The highest BCUT2D eigenvalue weighted by Crippen LogP contribution is 2.28. The van der Waals surface area contributed by atoms with E-state index in [1.54, 1.807) is 48.5 Å². The van der Waals surface area contributed by atoms with Gasteiger partial charge in [-0.1, -0.05) is 24.8 Å². The van der Waals surface area contributed by atoms with E-state index < -0.39 is 0 Å². The number of amides is 2. The minimum absolute atomic E-state index is 0.113. The number of carbonyl (C=O) groups is 2. The number of nitrogens with one attached hydrogen (secondary N) is 2. The summed E-state index contributed by atoms with van der Waals surface area (Å²) in [6, 6.07) is 19.4. The second-order valence-corrected chi connectivity index (χ2v) is 7.67. The molecule has 0 saturated carbocycles. The molecule has 0 aliphatic heterocycles. The lowest BCUT2D eigenvalue weighted by Crippen LogP contribution is -2.20. The van der Waals surface area contributed by atoms with Crippen LogP contribution in [0.1, 0.15) is 28.4 Å². The number of anilines is 1. The zero-order valence-corrected chi connectivity index (χ0v) is 20.3. The van der Waals surface area contributed by atoms with Crippen LogP contribution in [0, 0.1) is 6.92 Å². The van der Waals surface area contributed by atoms with Crippen molar-refractivity contribution in [2.75, 3.05) is 25.1 Å². The summed E-state index contributed by atoms with van der Waals surface area (Å²) in [6.07, 6.45) is 3.14. The van der Waals surface area contributed by atoms with Gasteiger partial charge in [0.05, 0.1) is 12.8 Å². The quantitative estimate of drug-likeness (QED) is 0.218. The van der Waals surface area contributed by atoms with Gasteiger partial charge < -0.3 is 19.5 Å². The molecule has 0 aromatic heterocycles. The van der Waals surface area contributed by atoms with Crippen LogP contribution in [0.15, 0.2) is 84.5 Å². The third kappa shape index (κ3) is 8.02. The third-order valence-corrected chi connectivity index (χ3v) is 4.79. The van der Waals surface area contributed by atoms with E-state index in [2.05, 4.69) is 22.4 Å². The van der Waals surface area contributed by atoms with E-state index in [1.165, 1.54) is 6.21 Å². The standard InChI is InChI=1S/C28H29N3O5/c1-4-15-35-25-14-11-22(17-26(25)34-5-2)28(33)31-29-18-21-9-12-24(13-10-21)36-19-27(32)30-23-8-6-7-20(3)16-23/h4,6-14,16-18H,1,5,15,19H2,2-3H3,(H,30,32)(H,31,33)/b29-18+. The first kappa shape index (κ1) is 26.0. The first-order chi connectivity index (χ1) is 17.5. The van der Waals surface area contributed by atoms with Crippen molar-refractivity contribution in [1.82, 2.24) is 5.43 Å². The predicted molar refractivity (Wildman–Crippen MR) is 140 cm³/mol. The molecular formula is C28H29N3O5. The molecule has 8 heteroatoms. The van der Waals surface area contributed by atoms with Crippen molar-refractivity contribution in [2.24, 2.45) is 5.10 Å². The Balaban J connectivity index is 1.50. The summed E-state index contributed by atoms with van der Waals surface area (Å²) >= 11 is 0. The molecule has 0 atom stereocenters. The molecule has 0 heterocycles. The lowest BCUT2D eigenvalue weighted by molar-refractivity contribution is -0.118. The van der Waals surface area contributed by atoms with Gasteiger partial charge >= 0.3 is 0 Å². The van der Waals surface area contributed by atoms with Crippen LogP contribution in [0.2, 0.25) is 0 Å². The summed E-state index contributed by atoms with van der Waals surface area (Å²) < 4.78 is 16.6. The van der Waals surface area contributed by atoms with Gasteiger partial charge in [-0.15, -0.1) is 0 Å². The summed E-state index contributed by atoms with van der Waals surface area (Å²) in [5.74, 6) is 0.910. The van der Waals surface area contributed by atoms with Crippen LogP contribution in [-0.4, -0.2) is 37.8 Å². The number of hydrogen-bond acceptors (Lipinski definition) is 6. The molecule has 3 aromatic carbocycles. The molecule has 36 heavy (non-hydrogen) atoms. The van der Waals surface area contributed by atoms with Crippen LogP contribution in [-0.2, 0) is 4.79 Å². The number of nitrogens with zero attached hydrogens (tertiary/aromatic N) is 1. The smallest absolute Gasteiger partial charge is 0.271 e. The number of hydrazone groups is 1. The Bertz CT molecular complexity index is 1220. The lowest BCUT2D eigenvalue weighted by atomic mass is 10.2. The van der Waals surface area contributed by atoms with Crippen molar-refractivity contribution in [3.63, 3.8) is 0 Å². The molecule has 2 amide bonds. The van der Waals surface area contributed by atoms with Crippen molar-refractivity contribution in [1.29, 1.82) is 0 Å². The second kappa shape index (κ2) is 13.3. The molecule has 0 aliphatic carbocycles. The summed E-state index contributed by atoms with van der Waals surface area (Å²) in [4.78, 5) is 24.6. The molecule has 3 rings (SSSR count). The summed E-state index contributed by atoms with van der Waals surface area (Å²) in [7, 11) is 0. The fraction of sp³-hybridized carbons (Fsp3) is 0.179. The molecular weight excluding hydrogens is 458 g/mol. The summed E-state index contributed by atoms with van der Waals surface area (Å²) in [5, 5.41) is 6.80. The van der Waals surface area contributed by atoms with Gasteiger partial charge in [-0.2, -0.15) is 5.10 Å². The number of aryl methyl sites for hydroxylation is 1. The van der Waals surface area contributed by atoms with Gasteiger partial charge in [0.2, 0.25) is 0 Å². The fourth-order valence-corrected chi connectivity index (χ4v) is 3.13. The van der Waals surface area contributed by atoms with E-state index in [9.17, 15) is 9.59 Å². The molecule has 0 fully saturated rings. The number of carbonyl (C=O) groups excluding carboxylic acids is 2. The zero-order valence-electron chi connectivity index (χ0n) is 20.3. The van der Waals surface area contributed by atoms with E-state index in [4.69, 9.17) is 14.2 Å². The van der Waals surface area contributed by atoms with Crippen molar-refractivity contribution < 1.29 is 23.8 Å². The number of rotatable bonds is 12. The Morgan fingerprint density at radius 1 is 0.972 bits per heavy atom. The number of ether oxygens (including phenoxy) is 3. The molecule has 2 N–H and O–H groups in total. The van der Waals surface area contributed by atoms with E-state index in [1.807, 2.05) is 38.1 Å². The van der Waals surface area contributed by atoms with Gasteiger partial charge in [0.25, 0.3) is 11.8 Å². The topological polar surface area (TPSA) is 98.3 Å². The van der Waals surface area contributed by atoms with E-state index in [0.717, 1.165) is 16.8 Å². The largest absolute Gasteiger partial charge is 0.490 e. The molecule has 0 aliphatic rings. The first-order valence-corrected chi connectivity index (χ1v) is 11.4. The monoisotopic (exact) mass is 487 g/mol. The number of hydrogen-bond donors (Lipinski definition) is 2. The zero-order chi connectivity index (χ0) is 25.8. The Kier molecular flexibility index (Phi) is 9.64. The SMILES string of the molecule is C=CCOc1ccc(C(=O)N/N=C/c2ccc(OCC(=O)Nc3cccc(C)c3)cc2)cc1OCC. The maximum absolute atomic E-state index is 12.5. The Hall–Kier alpha value is -4.59. The maximum atomic E-state index is 12.5. The molecule has 0 unspecified atom stereocenters. The molecule has 8 nitrogen and oxygen atoms in total. The van der Waals surface area contributed by atoms with Crippen LogP contribution < -0.4 is 25.0 Å². The van der Waals surface area contributed by atoms with Crippen LogP contribution in [0.4, 0.5) is 5.69 Å². The van der Waals surface area contributed by atoms with Crippen LogP contribution in [0.5, 0.6) is 17.2 Å². The highest BCUT2D eigenvalue weighted by atomic mass is 16.5. The lowest BCUT2D eigenvalue weighted by Gasteiger charge is -2.12. The molecule has 0 bridgehead atoms. The fourth-order valence-electron chi connectivity index (χ4n) is 3.13. The molecule has 186 valence electrons. The van der Waals surface area contributed by atoms with Crippen molar-refractivity contribution in [3.8, 4) is 17.2 Å². The van der Waals surface area contributed by atoms with Gasteiger partial charge in [0.15, 0.2) is 18.1 Å². The molecule has 0 saturated heterocycles. The van der Waals surface area contributed by atoms with Crippen LogP contribution >= 0.6 is 0 Å².